The third kappa shape index (κ3) is 5.17. The maximum absolute atomic E-state index is 12.3. The fourth-order valence-corrected chi connectivity index (χ4v) is 3.57. The molecule has 0 aliphatic rings. The molecule has 0 atom stereocenters. The van der Waals surface area contributed by atoms with Gasteiger partial charge in [-0.1, -0.05) is 23.7 Å². The first-order valence-electron chi connectivity index (χ1n) is 8.47. The van der Waals surface area contributed by atoms with Crippen LogP contribution in [-0.2, 0) is 10.1 Å². The Labute approximate surface area is 174 Å². The van der Waals surface area contributed by atoms with E-state index in [1.807, 2.05) is 0 Å². The van der Waals surface area contributed by atoms with E-state index in [4.69, 9.17) is 20.5 Å². The normalized spacial score (nSPS) is 11.6. The number of nitriles is 1. The van der Waals surface area contributed by atoms with Crippen LogP contribution in [-0.4, -0.2) is 15.5 Å². The Kier molecular flexibility index (Phi) is 6.23. The summed E-state index contributed by atoms with van der Waals surface area (Å²) in [6.07, 6.45) is 1.71. The molecule has 3 aromatic rings. The molecule has 0 amide bonds. The number of hydrogen-bond acceptors (Lipinski definition) is 5. The monoisotopic (exact) mass is 425 g/mol. The van der Waals surface area contributed by atoms with Gasteiger partial charge in [-0.2, -0.15) is 13.7 Å². The van der Waals surface area contributed by atoms with Gasteiger partial charge in [0, 0.05) is 5.02 Å². The number of rotatable bonds is 6. The van der Waals surface area contributed by atoms with E-state index in [1.54, 1.807) is 49.6 Å². The molecule has 29 heavy (non-hydrogen) atoms. The van der Waals surface area contributed by atoms with Crippen LogP contribution < -0.4 is 8.92 Å². The molecule has 3 rings (SSSR count). The fraction of sp³-hybridized carbons (Fsp3) is 0.0455. The summed E-state index contributed by atoms with van der Waals surface area (Å²) in [5, 5.41) is 9.89. The second kappa shape index (κ2) is 8.82. The smallest absolute Gasteiger partial charge is 0.339 e. The molecule has 0 saturated heterocycles. The largest absolute Gasteiger partial charge is 0.497 e. The summed E-state index contributed by atoms with van der Waals surface area (Å²) in [6, 6.07) is 21.4. The molecule has 0 spiro atoms. The highest BCUT2D eigenvalue weighted by atomic mass is 35.5. The topological polar surface area (TPSA) is 76.4 Å². The molecule has 0 bridgehead atoms. The van der Waals surface area contributed by atoms with Gasteiger partial charge in [-0.25, -0.2) is 0 Å². The van der Waals surface area contributed by atoms with Gasteiger partial charge in [0.2, 0.25) is 0 Å². The molecule has 0 unspecified atom stereocenters. The Morgan fingerprint density at radius 3 is 2.07 bits per heavy atom. The van der Waals surface area contributed by atoms with E-state index < -0.39 is 10.1 Å². The summed E-state index contributed by atoms with van der Waals surface area (Å²) in [7, 11) is -2.38. The van der Waals surface area contributed by atoms with Gasteiger partial charge in [-0.05, 0) is 77.9 Å². The fourth-order valence-electron chi connectivity index (χ4n) is 2.51. The lowest BCUT2D eigenvalue weighted by atomic mass is 10.0. The van der Waals surface area contributed by atoms with Crippen LogP contribution >= 0.6 is 11.6 Å². The molecule has 0 heterocycles. The van der Waals surface area contributed by atoms with Crippen molar-refractivity contribution in [1.82, 2.24) is 0 Å². The average Bonchev–Trinajstić information content (AvgIpc) is 2.73. The first kappa shape index (κ1) is 20.5. The van der Waals surface area contributed by atoms with Crippen LogP contribution in [0.3, 0.4) is 0 Å². The van der Waals surface area contributed by atoms with Gasteiger partial charge in [-0.15, -0.1) is 0 Å². The van der Waals surface area contributed by atoms with Gasteiger partial charge in [0.1, 0.15) is 16.4 Å². The van der Waals surface area contributed by atoms with Crippen LogP contribution in [0.2, 0.25) is 5.02 Å². The van der Waals surface area contributed by atoms with Gasteiger partial charge in [0.25, 0.3) is 0 Å². The Morgan fingerprint density at radius 2 is 1.52 bits per heavy atom. The molecule has 0 aromatic heterocycles. The minimum atomic E-state index is -3.96. The standard InChI is InChI=1S/C22H16ClNO4S/c1-27-20-10-4-17(5-11-20)18(15-24)14-16-2-8-21(9-3-16)28-29(25,26)22-12-6-19(23)7-13-22/h2-14H,1H3/b18-14+. The van der Waals surface area contributed by atoms with Crippen LogP contribution in [0, 0.1) is 11.3 Å². The van der Waals surface area contributed by atoms with Gasteiger partial charge >= 0.3 is 10.1 Å². The molecule has 3 aromatic carbocycles. The van der Waals surface area contributed by atoms with Gasteiger partial charge in [0.05, 0.1) is 18.8 Å². The molecule has 0 saturated carbocycles. The molecule has 0 radical (unpaired) electrons. The highest BCUT2D eigenvalue weighted by molar-refractivity contribution is 7.87. The zero-order chi connectivity index (χ0) is 20.9. The summed E-state index contributed by atoms with van der Waals surface area (Å²) >= 11 is 5.78. The summed E-state index contributed by atoms with van der Waals surface area (Å²) < 4.78 is 34.9. The Hall–Kier alpha value is -3.27. The third-order valence-corrected chi connectivity index (χ3v) is 5.53. The number of hydrogen-bond donors (Lipinski definition) is 0. The van der Waals surface area contributed by atoms with Crippen LogP contribution in [0.25, 0.3) is 11.6 Å². The van der Waals surface area contributed by atoms with Crippen molar-refractivity contribution in [3.63, 3.8) is 0 Å². The van der Waals surface area contributed by atoms with Crippen LogP contribution in [0.4, 0.5) is 0 Å². The predicted octanol–water partition coefficient (Wildman–Crippen LogP) is 5.18. The van der Waals surface area contributed by atoms with Gasteiger partial charge in [-0.3, -0.25) is 0 Å². The number of nitrogens with zero attached hydrogens (tertiary/aromatic N) is 1. The summed E-state index contributed by atoms with van der Waals surface area (Å²) in [5.41, 5.74) is 1.95. The number of methoxy groups -OCH3 is 1. The minimum Gasteiger partial charge on any atom is -0.497 e. The van der Waals surface area contributed by atoms with Crippen molar-refractivity contribution in [3.05, 3.63) is 88.9 Å². The van der Waals surface area contributed by atoms with Crippen molar-refractivity contribution >= 4 is 33.4 Å². The Balaban J connectivity index is 1.79. The van der Waals surface area contributed by atoms with E-state index >= 15 is 0 Å². The highest BCUT2D eigenvalue weighted by Gasteiger charge is 2.16. The van der Waals surface area contributed by atoms with Gasteiger partial charge < -0.3 is 8.92 Å². The average molecular weight is 426 g/mol. The molecule has 0 aliphatic heterocycles. The van der Waals surface area contributed by atoms with E-state index in [2.05, 4.69) is 6.07 Å². The number of benzene rings is 3. The van der Waals surface area contributed by atoms with Crippen molar-refractivity contribution in [2.24, 2.45) is 0 Å². The summed E-state index contributed by atoms with van der Waals surface area (Å²) in [6.45, 7) is 0. The molecule has 0 N–H and O–H groups in total. The van der Waals surface area contributed by atoms with E-state index in [0.29, 0.717) is 16.3 Å². The lowest BCUT2D eigenvalue weighted by Crippen LogP contribution is -2.09. The first-order chi connectivity index (χ1) is 13.9. The zero-order valence-corrected chi connectivity index (χ0v) is 16.9. The zero-order valence-electron chi connectivity index (χ0n) is 15.4. The lowest BCUT2D eigenvalue weighted by molar-refractivity contribution is 0.415. The molecular formula is C22H16ClNO4S. The van der Waals surface area contributed by atoms with Gasteiger partial charge in [0.15, 0.2) is 0 Å². The van der Waals surface area contributed by atoms with Crippen molar-refractivity contribution in [2.45, 2.75) is 4.90 Å². The maximum Gasteiger partial charge on any atom is 0.339 e. The second-order valence-electron chi connectivity index (χ2n) is 5.96. The SMILES string of the molecule is COc1ccc(/C(C#N)=C/c2ccc(OS(=O)(=O)c3ccc(Cl)cc3)cc2)cc1. The molecule has 146 valence electrons. The van der Waals surface area contributed by atoms with Crippen molar-refractivity contribution in [1.29, 1.82) is 5.26 Å². The molecule has 5 nitrogen and oxygen atoms in total. The number of halogens is 1. The Morgan fingerprint density at radius 1 is 0.931 bits per heavy atom. The first-order valence-corrected chi connectivity index (χ1v) is 10.3. The van der Waals surface area contributed by atoms with E-state index in [1.165, 1.54) is 36.4 Å². The van der Waals surface area contributed by atoms with E-state index in [-0.39, 0.29) is 10.6 Å². The van der Waals surface area contributed by atoms with Crippen LogP contribution in [0.5, 0.6) is 11.5 Å². The van der Waals surface area contributed by atoms with E-state index in [0.717, 1.165) is 11.1 Å². The second-order valence-corrected chi connectivity index (χ2v) is 7.94. The van der Waals surface area contributed by atoms with Crippen molar-refractivity contribution in [3.8, 4) is 17.6 Å². The van der Waals surface area contributed by atoms with Crippen LogP contribution in [0.1, 0.15) is 11.1 Å². The molecule has 7 heteroatoms. The Bertz CT molecular complexity index is 1160. The minimum absolute atomic E-state index is 0.0112. The summed E-state index contributed by atoms with van der Waals surface area (Å²) in [4.78, 5) is 0.0112. The number of allylic oxidation sites excluding steroid dienone is 1. The molecular weight excluding hydrogens is 410 g/mol. The van der Waals surface area contributed by atoms with Crippen molar-refractivity contribution in [2.75, 3.05) is 7.11 Å². The van der Waals surface area contributed by atoms with E-state index in [9.17, 15) is 13.7 Å². The quantitative estimate of drug-likeness (QED) is 0.309. The third-order valence-electron chi connectivity index (χ3n) is 4.02. The molecule has 0 aliphatic carbocycles. The molecule has 0 fully saturated rings. The lowest BCUT2D eigenvalue weighted by Gasteiger charge is -2.07. The maximum atomic E-state index is 12.3. The van der Waals surface area contributed by atoms with Crippen LogP contribution in [0.15, 0.2) is 77.7 Å². The van der Waals surface area contributed by atoms with Crippen molar-refractivity contribution < 1.29 is 17.3 Å². The predicted molar refractivity (Wildman–Crippen MR) is 112 cm³/mol. The number of ether oxygens (including phenoxy) is 1. The highest BCUT2D eigenvalue weighted by Crippen LogP contribution is 2.24. The summed E-state index contributed by atoms with van der Waals surface area (Å²) in [5.74, 6) is 0.870.